The van der Waals surface area contributed by atoms with Crippen LogP contribution in [0.4, 0.5) is 5.95 Å². The maximum Gasteiger partial charge on any atom is 0.225 e. The molecule has 4 heteroatoms. The van der Waals surface area contributed by atoms with Crippen molar-refractivity contribution in [1.29, 1.82) is 0 Å². The van der Waals surface area contributed by atoms with Crippen molar-refractivity contribution in [2.75, 3.05) is 31.1 Å². The fourth-order valence-electron chi connectivity index (χ4n) is 1.40. The van der Waals surface area contributed by atoms with Gasteiger partial charge in [0.05, 0.1) is 26.2 Å². The molecule has 1 aliphatic heterocycles. The van der Waals surface area contributed by atoms with Crippen molar-refractivity contribution < 1.29 is 5.32 Å². The van der Waals surface area contributed by atoms with Gasteiger partial charge in [-0.05, 0) is 6.07 Å². The quantitative estimate of drug-likeness (QED) is 0.572. The van der Waals surface area contributed by atoms with Crippen molar-refractivity contribution in [3.8, 4) is 0 Å². The summed E-state index contributed by atoms with van der Waals surface area (Å²) in [5, 5.41) is 2.32. The number of rotatable bonds is 1. The highest BCUT2D eigenvalue weighted by atomic mass is 15.3. The first kappa shape index (κ1) is 7.49. The third-order valence-corrected chi connectivity index (χ3v) is 2.04. The summed E-state index contributed by atoms with van der Waals surface area (Å²) in [6, 6.07) is 1.85. The van der Waals surface area contributed by atoms with Crippen LogP contribution < -0.4 is 10.2 Å². The van der Waals surface area contributed by atoms with Gasteiger partial charge in [-0.15, -0.1) is 0 Å². The summed E-state index contributed by atoms with van der Waals surface area (Å²) in [5.41, 5.74) is 0. The molecule has 0 saturated carbocycles. The van der Waals surface area contributed by atoms with Crippen molar-refractivity contribution in [2.45, 2.75) is 0 Å². The molecule has 4 nitrogen and oxygen atoms in total. The number of anilines is 1. The molecule has 1 saturated heterocycles. The molecule has 64 valence electrons. The average molecular weight is 165 g/mol. The second kappa shape index (κ2) is 3.49. The fraction of sp³-hybridized carbons (Fsp3) is 0.500. The Bertz CT molecular complexity index is 230. The van der Waals surface area contributed by atoms with Gasteiger partial charge in [0.1, 0.15) is 0 Å². The second-order valence-corrected chi connectivity index (χ2v) is 2.90. The largest absolute Gasteiger partial charge is 0.343 e. The predicted octanol–water partition coefficient (Wildman–Crippen LogP) is -1.14. The van der Waals surface area contributed by atoms with Crippen LogP contribution in [0.1, 0.15) is 0 Å². The van der Waals surface area contributed by atoms with E-state index in [1.807, 2.05) is 6.07 Å². The Hall–Kier alpha value is -1.16. The molecule has 0 spiro atoms. The zero-order valence-electron chi connectivity index (χ0n) is 6.98. The third-order valence-electron chi connectivity index (χ3n) is 2.04. The van der Waals surface area contributed by atoms with Gasteiger partial charge in [0.15, 0.2) is 0 Å². The lowest BCUT2D eigenvalue weighted by Crippen LogP contribution is -2.89. The third kappa shape index (κ3) is 1.53. The Morgan fingerprint density at radius 3 is 2.50 bits per heavy atom. The smallest absolute Gasteiger partial charge is 0.225 e. The van der Waals surface area contributed by atoms with Crippen LogP contribution in [0.25, 0.3) is 0 Å². The van der Waals surface area contributed by atoms with Gasteiger partial charge in [-0.1, -0.05) is 0 Å². The summed E-state index contributed by atoms with van der Waals surface area (Å²) in [7, 11) is 0. The molecular formula is C8H13N4+. The van der Waals surface area contributed by atoms with Crippen LogP contribution in [0.15, 0.2) is 18.5 Å². The van der Waals surface area contributed by atoms with E-state index in [0.29, 0.717) is 0 Å². The normalized spacial score (nSPS) is 17.8. The first-order valence-electron chi connectivity index (χ1n) is 4.30. The molecule has 1 aliphatic rings. The highest BCUT2D eigenvalue weighted by Gasteiger charge is 2.13. The number of quaternary nitrogens is 1. The molecule has 0 aliphatic carbocycles. The van der Waals surface area contributed by atoms with Gasteiger partial charge in [-0.25, -0.2) is 9.97 Å². The number of nitrogens with zero attached hydrogens (tertiary/aromatic N) is 3. The molecule has 0 amide bonds. The minimum absolute atomic E-state index is 0.866. The first-order valence-corrected chi connectivity index (χ1v) is 4.30. The molecule has 0 radical (unpaired) electrons. The number of hydrogen-bond acceptors (Lipinski definition) is 3. The van der Waals surface area contributed by atoms with Crippen LogP contribution in [0, 0.1) is 0 Å². The minimum atomic E-state index is 0.866. The lowest BCUT2D eigenvalue weighted by Gasteiger charge is -2.24. The molecule has 1 aromatic heterocycles. The Labute approximate surface area is 71.6 Å². The number of piperazine rings is 1. The van der Waals surface area contributed by atoms with E-state index < -0.39 is 0 Å². The molecule has 0 atom stereocenters. The summed E-state index contributed by atoms with van der Waals surface area (Å²) >= 11 is 0. The van der Waals surface area contributed by atoms with Gasteiger partial charge < -0.3 is 10.2 Å². The molecule has 2 heterocycles. The molecule has 2 rings (SSSR count). The summed E-state index contributed by atoms with van der Waals surface area (Å²) in [4.78, 5) is 10.6. The average Bonchev–Trinajstić information content (AvgIpc) is 2.21. The molecule has 0 bridgehead atoms. The Kier molecular flexibility index (Phi) is 2.18. The molecule has 0 aromatic carbocycles. The molecule has 2 N–H and O–H groups in total. The summed E-state index contributed by atoms with van der Waals surface area (Å²) in [6.45, 7) is 4.42. The van der Waals surface area contributed by atoms with Gasteiger partial charge in [0.25, 0.3) is 0 Å². The van der Waals surface area contributed by atoms with E-state index in [1.165, 1.54) is 0 Å². The standard InChI is InChI=1S/C8H12N4/c1-2-10-8(11-3-1)12-6-4-9-5-7-12/h1-3,9H,4-7H2/p+1. The number of nitrogens with two attached hydrogens (primary N) is 1. The van der Waals surface area contributed by atoms with Crippen LogP contribution >= 0.6 is 0 Å². The highest BCUT2D eigenvalue weighted by molar-refractivity contribution is 5.28. The fourth-order valence-corrected chi connectivity index (χ4v) is 1.40. The van der Waals surface area contributed by atoms with Gasteiger partial charge in [-0.2, -0.15) is 0 Å². The topological polar surface area (TPSA) is 45.6 Å². The van der Waals surface area contributed by atoms with E-state index >= 15 is 0 Å². The lowest BCUT2D eigenvalue weighted by molar-refractivity contribution is -0.655. The molecule has 0 unspecified atom stereocenters. The van der Waals surface area contributed by atoms with Crippen LogP contribution in [0.2, 0.25) is 0 Å². The van der Waals surface area contributed by atoms with Crippen LogP contribution in [-0.4, -0.2) is 36.1 Å². The maximum atomic E-state index is 4.20. The van der Waals surface area contributed by atoms with E-state index in [-0.39, 0.29) is 0 Å². The first-order chi connectivity index (χ1) is 5.97. The van der Waals surface area contributed by atoms with Gasteiger partial charge in [-0.3, -0.25) is 0 Å². The van der Waals surface area contributed by atoms with Crippen LogP contribution in [0.3, 0.4) is 0 Å². The predicted molar refractivity (Wildman–Crippen MR) is 45.9 cm³/mol. The van der Waals surface area contributed by atoms with Crippen LogP contribution in [0.5, 0.6) is 0 Å². The highest BCUT2D eigenvalue weighted by Crippen LogP contribution is 2.03. The number of hydrogen-bond donors (Lipinski definition) is 1. The van der Waals surface area contributed by atoms with E-state index in [0.717, 1.165) is 32.1 Å². The Morgan fingerprint density at radius 2 is 1.83 bits per heavy atom. The SMILES string of the molecule is c1cnc(N2CC[NH2+]CC2)nc1. The van der Waals surface area contributed by atoms with E-state index in [2.05, 4.69) is 20.2 Å². The molecule has 12 heavy (non-hydrogen) atoms. The van der Waals surface area contributed by atoms with Gasteiger partial charge in [0.2, 0.25) is 5.95 Å². The van der Waals surface area contributed by atoms with Crippen molar-refractivity contribution >= 4 is 5.95 Å². The summed E-state index contributed by atoms with van der Waals surface area (Å²) in [5.74, 6) is 0.866. The van der Waals surface area contributed by atoms with Crippen molar-refractivity contribution in [3.05, 3.63) is 18.5 Å². The minimum Gasteiger partial charge on any atom is -0.343 e. The Morgan fingerprint density at radius 1 is 1.17 bits per heavy atom. The Balaban J connectivity index is 2.08. The van der Waals surface area contributed by atoms with Crippen molar-refractivity contribution in [3.63, 3.8) is 0 Å². The van der Waals surface area contributed by atoms with Gasteiger partial charge >= 0.3 is 0 Å². The molecule has 1 fully saturated rings. The van der Waals surface area contributed by atoms with E-state index in [1.54, 1.807) is 12.4 Å². The second-order valence-electron chi connectivity index (χ2n) is 2.90. The van der Waals surface area contributed by atoms with E-state index in [9.17, 15) is 0 Å². The lowest BCUT2D eigenvalue weighted by atomic mass is 10.4. The number of aromatic nitrogens is 2. The van der Waals surface area contributed by atoms with Gasteiger partial charge in [0, 0.05) is 12.4 Å². The van der Waals surface area contributed by atoms with E-state index in [4.69, 9.17) is 0 Å². The molecule has 1 aromatic rings. The van der Waals surface area contributed by atoms with Crippen molar-refractivity contribution in [1.82, 2.24) is 9.97 Å². The molecular weight excluding hydrogens is 152 g/mol. The summed E-state index contributed by atoms with van der Waals surface area (Å²) < 4.78 is 0. The zero-order valence-corrected chi connectivity index (χ0v) is 6.98. The van der Waals surface area contributed by atoms with Crippen molar-refractivity contribution in [2.24, 2.45) is 0 Å². The zero-order chi connectivity index (χ0) is 8.23. The monoisotopic (exact) mass is 165 g/mol. The maximum absolute atomic E-state index is 4.20. The summed E-state index contributed by atoms with van der Waals surface area (Å²) in [6.07, 6.45) is 3.58. The van der Waals surface area contributed by atoms with Crippen LogP contribution in [-0.2, 0) is 0 Å².